The van der Waals surface area contributed by atoms with E-state index < -0.39 is 10.0 Å². The predicted octanol–water partition coefficient (Wildman–Crippen LogP) is 3.02. The van der Waals surface area contributed by atoms with E-state index in [1.54, 1.807) is 30.5 Å². The molecule has 1 aliphatic rings. The first kappa shape index (κ1) is 19.9. The number of H-pyrrole nitrogens is 1. The summed E-state index contributed by atoms with van der Waals surface area (Å²) < 4.78 is 26.1. The van der Waals surface area contributed by atoms with Crippen LogP contribution in [-0.2, 0) is 21.2 Å². The molecule has 0 aliphatic carbocycles. The van der Waals surface area contributed by atoms with Gasteiger partial charge in [-0.3, -0.25) is 14.6 Å². The van der Waals surface area contributed by atoms with Gasteiger partial charge in [0.25, 0.3) is 0 Å². The van der Waals surface area contributed by atoms with Gasteiger partial charge in [-0.2, -0.15) is 5.10 Å². The molecule has 5 rings (SSSR count). The maximum absolute atomic E-state index is 11.8. The minimum absolute atomic E-state index is 0.00934. The molecule has 0 saturated carbocycles. The molecule has 10 nitrogen and oxygen atoms in total. The number of sulfonamides is 1. The van der Waals surface area contributed by atoms with E-state index in [1.807, 2.05) is 18.2 Å². The Morgan fingerprint density at radius 2 is 1.91 bits per heavy atom. The lowest BCUT2D eigenvalue weighted by Gasteiger charge is -2.18. The highest BCUT2D eigenvalue weighted by atomic mass is 32.2. The van der Waals surface area contributed by atoms with E-state index >= 15 is 0 Å². The average molecular weight is 449 g/mol. The third kappa shape index (κ3) is 3.97. The van der Waals surface area contributed by atoms with E-state index in [-0.39, 0.29) is 5.91 Å². The first-order valence-corrected chi connectivity index (χ1v) is 11.7. The minimum Gasteiger partial charge on any atom is -0.338 e. The molecular weight excluding hydrogens is 430 g/mol. The highest BCUT2D eigenvalue weighted by molar-refractivity contribution is 7.92. The summed E-state index contributed by atoms with van der Waals surface area (Å²) in [4.78, 5) is 20.9. The molecule has 32 heavy (non-hydrogen) atoms. The Balaban J connectivity index is 1.57. The van der Waals surface area contributed by atoms with Crippen molar-refractivity contribution in [2.24, 2.45) is 0 Å². The molecule has 0 bridgehead atoms. The summed E-state index contributed by atoms with van der Waals surface area (Å²) in [6, 6.07) is 12.6. The molecule has 2 aromatic heterocycles. The second kappa shape index (κ2) is 7.61. The first-order chi connectivity index (χ1) is 15.4. The number of nitrogens with zero attached hydrogens (tertiary/aromatic N) is 3. The Morgan fingerprint density at radius 3 is 2.75 bits per heavy atom. The van der Waals surface area contributed by atoms with Crippen molar-refractivity contribution in [1.29, 1.82) is 0 Å². The normalized spacial score (nSPS) is 13.5. The van der Waals surface area contributed by atoms with Gasteiger partial charge in [0, 0.05) is 23.4 Å². The third-order valence-electron chi connectivity index (χ3n) is 5.03. The molecule has 11 heteroatoms. The summed E-state index contributed by atoms with van der Waals surface area (Å²) >= 11 is 0. The van der Waals surface area contributed by atoms with Crippen LogP contribution >= 0.6 is 0 Å². The standard InChI is InChI=1S/C21H19N7O3S/c1-32(30,31)28-15-5-3-2-4-14(15)20-25-17-11-22-27-19(17)21(26-20)23-13-8-6-12-7-9-18(29)24-16(12)10-13/h2-6,8,10-11,28H,7,9H2,1H3,(H,22,27)(H,24,29)(H,23,25,26). The zero-order chi connectivity index (χ0) is 22.3. The van der Waals surface area contributed by atoms with Gasteiger partial charge < -0.3 is 10.6 Å². The second-order valence-electron chi connectivity index (χ2n) is 7.49. The van der Waals surface area contributed by atoms with Crippen molar-refractivity contribution in [2.45, 2.75) is 12.8 Å². The number of anilines is 4. The van der Waals surface area contributed by atoms with Crippen molar-refractivity contribution in [3.8, 4) is 11.4 Å². The van der Waals surface area contributed by atoms with Crippen LogP contribution in [0.15, 0.2) is 48.7 Å². The van der Waals surface area contributed by atoms with E-state index in [1.165, 1.54) is 0 Å². The fourth-order valence-corrected chi connectivity index (χ4v) is 4.18. The molecule has 0 fully saturated rings. The maximum Gasteiger partial charge on any atom is 0.229 e. The first-order valence-electron chi connectivity index (χ1n) is 9.84. The van der Waals surface area contributed by atoms with Crippen molar-refractivity contribution in [2.75, 3.05) is 21.6 Å². The van der Waals surface area contributed by atoms with Gasteiger partial charge in [-0.25, -0.2) is 18.4 Å². The number of rotatable bonds is 5. The van der Waals surface area contributed by atoms with Crippen LogP contribution in [0.4, 0.5) is 22.9 Å². The summed E-state index contributed by atoms with van der Waals surface area (Å²) in [5.74, 6) is 0.795. The van der Waals surface area contributed by atoms with Gasteiger partial charge >= 0.3 is 0 Å². The molecule has 1 amide bonds. The number of benzene rings is 2. The van der Waals surface area contributed by atoms with Crippen molar-refractivity contribution in [1.82, 2.24) is 20.2 Å². The number of fused-ring (bicyclic) bond motifs is 2. The molecule has 3 heterocycles. The summed E-state index contributed by atoms with van der Waals surface area (Å²) in [5, 5.41) is 13.1. The Hall–Kier alpha value is -3.99. The quantitative estimate of drug-likeness (QED) is 0.367. The zero-order valence-electron chi connectivity index (χ0n) is 17.0. The smallest absolute Gasteiger partial charge is 0.229 e. The maximum atomic E-state index is 11.8. The molecule has 0 saturated heterocycles. The topological polar surface area (TPSA) is 142 Å². The van der Waals surface area contributed by atoms with E-state index in [0.717, 1.165) is 23.2 Å². The number of carbonyl (C=O) groups excluding carboxylic acids is 1. The lowest BCUT2D eigenvalue weighted by Crippen LogP contribution is -2.18. The van der Waals surface area contributed by atoms with E-state index in [0.29, 0.717) is 46.8 Å². The number of aryl methyl sites for hydroxylation is 1. The molecule has 162 valence electrons. The number of nitrogens with one attached hydrogen (secondary N) is 4. The minimum atomic E-state index is -3.49. The summed E-state index contributed by atoms with van der Waals surface area (Å²) in [7, 11) is -3.49. The second-order valence-corrected chi connectivity index (χ2v) is 9.24. The number of aromatic amines is 1. The number of hydrogen-bond acceptors (Lipinski definition) is 7. The molecule has 1 aliphatic heterocycles. The van der Waals surface area contributed by atoms with Gasteiger partial charge in [0.1, 0.15) is 11.0 Å². The van der Waals surface area contributed by atoms with Crippen LogP contribution in [0, 0.1) is 0 Å². The predicted molar refractivity (Wildman–Crippen MR) is 122 cm³/mol. The van der Waals surface area contributed by atoms with Crippen LogP contribution in [0.3, 0.4) is 0 Å². The fraction of sp³-hybridized carbons (Fsp3) is 0.143. The third-order valence-corrected chi connectivity index (χ3v) is 5.62. The van der Waals surface area contributed by atoms with Gasteiger partial charge in [0.2, 0.25) is 15.9 Å². The van der Waals surface area contributed by atoms with Gasteiger partial charge in [-0.1, -0.05) is 18.2 Å². The molecule has 0 spiro atoms. The SMILES string of the molecule is CS(=O)(=O)Nc1ccccc1-c1nc(Nc2ccc3c(c2)NC(=O)CC3)c2[nH]ncc2n1. The molecular formula is C21H19N7O3S. The Kier molecular flexibility index (Phi) is 4.74. The largest absolute Gasteiger partial charge is 0.338 e. The Bertz CT molecular complexity index is 1460. The van der Waals surface area contributed by atoms with Crippen molar-refractivity contribution in [3.63, 3.8) is 0 Å². The highest BCUT2D eigenvalue weighted by Gasteiger charge is 2.18. The number of para-hydroxylation sites is 1. The monoisotopic (exact) mass is 449 g/mol. The van der Waals surface area contributed by atoms with Gasteiger partial charge in [-0.15, -0.1) is 0 Å². The Morgan fingerprint density at radius 1 is 1.06 bits per heavy atom. The van der Waals surface area contributed by atoms with Gasteiger partial charge in [0.15, 0.2) is 11.6 Å². The summed E-state index contributed by atoms with van der Waals surface area (Å²) in [6.07, 6.45) is 3.84. The molecule has 0 atom stereocenters. The molecule has 0 unspecified atom stereocenters. The number of hydrogen-bond donors (Lipinski definition) is 4. The molecule has 4 N–H and O–H groups in total. The number of aromatic nitrogens is 4. The van der Waals surface area contributed by atoms with E-state index in [9.17, 15) is 13.2 Å². The van der Waals surface area contributed by atoms with Crippen LogP contribution in [0.2, 0.25) is 0 Å². The van der Waals surface area contributed by atoms with E-state index in [2.05, 4.69) is 35.5 Å². The van der Waals surface area contributed by atoms with Gasteiger partial charge in [-0.05, 0) is 36.2 Å². The number of amides is 1. The van der Waals surface area contributed by atoms with Crippen molar-refractivity contribution >= 4 is 49.8 Å². The summed E-state index contributed by atoms with van der Waals surface area (Å²) in [5.41, 5.74) is 4.65. The van der Waals surface area contributed by atoms with Crippen molar-refractivity contribution in [3.05, 3.63) is 54.2 Å². The zero-order valence-corrected chi connectivity index (χ0v) is 17.8. The lowest BCUT2D eigenvalue weighted by atomic mass is 10.0. The highest BCUT2D eigenvalue weighted by Crippen LogP contribution is 2.32. The van der Waals surface area contributed by atoms with Crippen LogP contribution in [0.1, 0.15) is 12.0 Å². The van der Waals surface area contributed by atoms with E-state index in [4.69, 9.17) is 0 Å². The van der Waals surface area contributed by atoms with Gasteiger partial charge in [0.05, 0.1) is 18.1 Å². The van der Waals surface area contributed by atoms with Crippen LogP contribution in [0.25, 0.3) is 22.4 Å². The average Bonchev–Trinajstić information content (AvgIpc) is 3.22. The van der Waals surface area contributed by atoms with Crippen LogP contribution in [0.5, 0.6) is 0 Å². The summed E-state index contributed by atoms with van der Waals surface area (Å²) in [6.45, 7) is 0. The molecule has 2 aromatic carbocycles. The van der Waals surface area contributed by atoms with Crippen molar-refractivity contribution < 1.29 is 13.2 Å². The Labute approximate surface area is 183 Å². The number of carbonyl (C=O) groups is 1. The van der Waals surface area contributed by atoms with Crippen LogP contribution in [-0.4, -0.2) is 40.7 Å². The lowest BCUT2D eigenvalue weighted by molar-refractivity contribution is -0.116. The molecule has 0 radical (unpaired) electrons. The fourth-order valence-electron chi connectivity index (χ4n) is 3.60. The molecule has 4 aromatic rings. The van der Waals surface area contributed by atoms with Crippen LogP contribution < -0.4 is 15.4 Å².